The van der Waals surface area contributed by atoms with Gasteiger partial charge in [0.25, 0.3) is 0 Å². The molecule has 1 aliphatic carbocycles. The van der Waals surface area contributed by atoms with E-state index in [9.17, 15) is 0 Å². The summed E-state index contributed by atoms with van der Waals surface area (Å²) >= 11 is 5.47. The Morgan fingerprint density at radius 2 is 2.28 bits per heavy atom. The smallest absolute Gasteiger partial charge is 0.0731 e. The molecule has 0 radical (unpaired) electrons. The summed E-state index contributed by atoms with van der Waals surface area (Å²) in [5, 5.41) is 3.45. The van der Waals surface area contributed by atoms with E-state index < -0.39 is 0 Å². The number of rotatable bonds is 6. The molecule has 0 bridgehead atoms. The molecule has 4 heteroatoms. The second-order valence-corrected chi connectivity index (χ2v) is 7.50. The maximum Gasteiger partial charge on any atom is 0.0731 e. The van der Waals surface area contributed by atoms with Gasteiger partial charge in [-0.25, -0.2) is 0 Å². The SMILES string of the molecule is CCOC1CC(CC(NC)c2cc(C)c(Br)s2)C1. The average molecular weight is 332 g/mol. The zero-order valence-corrected chi connectivity index (χ0v) is 13.7. The molecule has 2 nitrogen and oxygen atoms in total. The van der Waals surface area contributed by atoms with Crippen LogP contribution in [0.3, 0.4) is 0 Å². The van der Waals surface area contributed by atoms with Gasteiger partial charge in [0.05, 0.1) is 9.89 Å². The van der Waals surface area contributed by atoms with Crippen molar-refractivity contribution in [2.45, 2.75) is 45.3 Å². The number of nitrogens with one attached hydrogen (secondary N) is 1. The molecule has 0 aliphatic heterocycles. The molecule has 1 atom stereocenters. The maximum atomic E-state index is 5.63. The zero-order valence-electron chi connectivity index (χ0n) is 11.3. The summed E-state index contributed by atoms with van der Waals surface area (Å²) in [4.78, 5) is 1.45. The van der Waals surface area contributed by atoms with Gasteiger partial charge in [-0.05, 0) is 73.6 Å². The Morgan fingerprint density at radius 1 is 1.56 bits per heavy atom. The quantitative estimate of drug-likeness (QED) is 0.839. The monoisotopic (exact) mass is 331 g/mol. The first kappa shape index (κ1) is 14.5. The van der Waals surface area contributed by atoms with Crippen molar-refractivity contribution in [2.75, 3.05) is 13.7 Å². The van der Waals surface area contributed by atoms with Crippen LogP contribution in [0, 0.1) is 12.8 Å². The second-order valence-electron chi connectivity index (χ2n) is 5.10. The summed E-state index contributed by atoms with van der Waals surface area (Å²) in [6, 6.07) is 2.79. The van der Waals surface area contributed by atoms with Gasteiger partial charge in [-0.2, -0.15) is 0 Å². The third-order valence-corrected chi connectivity index (χ3v) is 5.98. The first-order valence-electron chi connectivity index (χ1n) is 6.68. The molecule has 1 aliphatic rings. The predicted octanol–water partition coefficient (Wildman–Crippen LogP) is 4.28. The lowest BCUT2D eigenvalue weighted by Crippen LogP contribution is -2.34. The standard InChI is InChI=1S/C14H22BrNOS/c1-4-17-11-6-10(7-11)8-12(16-3)13-5-9(2)14(15)18-13/h5,10-12,16H,4,6-8H2,1-3H3. The van der Waals surface area contributed by atoms with E-state index in [1.54, 1.807) is 0 Å². The van der Waals surface area contributed by atoms with Crippen molar-refractivity contribution in [2.24, 2.45) is 5.92 Å². The van der Waals surface area contributed by atoms with Crippen molar-refractivity contribution < 1.29 is 4.74 Å². The van der Waals surface area contributed by atoms with Gasteiger partial charge in [-0.3, -0.25) is 0 Å². The molecule has 102 valence electrons. The molecular weight excluding hydrogens is 310 g/mol. The lowest BCUT2D eigenvalue weighted by Gasteiger charge is -2.36. The average Bonchev–Trinajstić information content (AvgIpc) is 2.62. The van der Waals surface area contributed by atoms with E-state index in [2.05, 4.69) is 48.2 Å². The third kappa shape index (κ3) is 3.35. The lowest BCUT2D eigenvalue weighted by molar-refractivity contribution is -0.0288. The molecule has 2 rings (SSSR count). The molecular formula is C14H22BrNOS. The van der Waals surface area contributed by atoms with Crippen molar-refractivity contribution in [1.29, 1.82) is 0 Å². The van der Waals surface area contributed by atoms with Crippen LogP contribution in [0.1, 0.15) is 42.7 Å². The van der Waals surface area contributed by atoms with Gasteiger partial charge in [0.15, 0.2) is 0 Å². The van der Waals surface area contributed by atoms with Crippen LogP contribution in [0.25, 0.3) is 0 Å². The van der Waals surface area contributed by atoms with Crippen molar-refractivity contribution >= 4 is 27.3 Å². The van der Waals surface area contributed by atoms with Gasteiger partial charge >= 0.3 is 0 Å². The highest BCUT2D eigenvalue weighted by molar-refractivity contribution is 9.11. The minimum absolute atomic E-state index is 0.493. The number of thiophene rings is 1. The number of ether oxygens (including phenoxy) is 1. The molecule has 18 heavy (non-hydrogen) atoms. The molecule has 0 aromatic carbocycles. The van der Waals surface area contributed by atoms with E-state index in [0.717, 1.165) is 12.5 Å². The van der Waals surface area contributed by atoms with Crippen molar-refractivity contribution in [1.82, 2.24) is 5.32 Å². The van der Waals surface area contributed by atoms with E-state index >= 15 is 0 Å². The van der Waals surface area contributed by atoms with E-state index in [-0.39, 0.29) is 0 Å². The van der Waals surface area contributed by atoms with Crippen LogP contribution in [0.2, 0.25) is 0 Å². The molecule has 1 N–H and O–H groups in total. The molecule has 1 saturated carbocycles. The molecule has 0 amide bonds. The largest absolute Gasteiger partial charge is 0.378 e. The van der Waals surface area contributed by atoms with Crippen LogP contribution in [0.4, 0.5) is 0 Å². The van der Waals surface area contributed by atoms with Crippen LogP contribution < -0.4 is 5.32 Å². The topological polar surface area (TPSA) is 21.3 Å². The van der Waals surface area contributed by atoms with E-state index in [0.29, 0.717) is 12.1 Å². The molecule has 1 unspecified atom stereocenters. The van der Waals surface area contributed by atoms with Gasteiger partial charge in [0.2, 0.25) is 0 Å². The maximum absolute atomic E-state index is 5.63. The Hall–Kier alpha value is 0.1000. The minimum atomic E-state index is 0.493. The fourth-order valence-corrected chi connectivity index (χ4v) is 4.30. The van der Waals surface area contributed by atoms with Crippen molar-refractivity contribution in [3.63, 3.8) is 0 Å². The fourth-order valence-electron chi connectivity index (χ4n) is 2.60. The summed E-state index contributed by atoms with van der Waals surface area (Å²) in [6.45, 7) is 5.09. The highest BCUT2D eigenvalue weighted by Crippen LogP contribution is 2.39. The van der Waals surface area contributed by atoms with Crippen LogP contribution >= 0.6 is 27.3 Å². The number of halogens is 1. The number of hydrogen-bond donors (Lipinski definition) is 1. The van der Waals surface area contributed by atoms with Gasteiger partial charge in [0, 0.05) is 17.5 Å². The van der Waals surface area contributed by atoms with E-state index in [4.69, 9.17) is 4.74 Å². The molecule has 0 spiro atoms. The van der Waals surface area contributed by atoms with Crippen LogP contribution in [-0.2, 0) is 4.74 Å². The Morgan fingerprint density at radius 3 is 2.78 bits per heavy atom. The second kappa shape index (κ2) is 6.51. The Kier molecular flexibility index (Phi) is 5.24. The Balaban J connectivity index is 1.87. The molecule has 1 fully saturated rings. The fraction of sp³-hybridized carbons (Fsp3) is 0.714. The summed E-state index contributed by atoms with van der Waals surface area (Å²) in [5.74, 6) is 0.820. The zero-order chi connectivity index (χ0) is 13.1. The Labute approximate surface area is 122 Å². The highest BCUT2D eigenvalue weighted by atomic mass is 79.9. The molecule has 1 aromatic heterocycles. The van der Waals surface area contributed by atoms with Crippen LogP contribution in [0.15, 0.2) is 9.85 Å². The third-order valence-electron chi connectivity index (χ3n) is 3.73. The first-order valence-corrected chi connectivity index (χ1v) is 8.29. The minimum Gasteiger partial charge on any atom is -0.378 e. The normalized spacial score (nSPS) is 24.9. The Bertz CT molecular complexity index is 368. The summed E-state index contributed by atoms with van der Waals surface area (Å²) in [5.41, 5.74) is 1.34. The summed E-state index contributed by atoms with van der Waals surface area (Å²) in [6.07, 6.45) is 4.22. The lowest BCUT2D eigenvalue weighted by atomic mass is 9.78. The van der Waals surface area contributed by atoms with Gasteiger partial charge in [-0.1, -0.05) is 0 Å². The number of hydrogen-bond acceptors (Lipinski definition) is 3. The van der Waals surface area contributed by atoms with E-state index in [1.165, 1.54) is 33.5 Å². The van der Waals surface area contributed by atoms with Crippen LogP contribution in [0.5, 0.6) is 0 Å². The van der Waals surface area contributed by atoms with Gasteiger partial charge in [0.1, 0.15) is 0 Å². The molecule has 0 saturated heterocycles. The predicted molar refractivity (Wildman–Crippen MR) is 81.3 cm³/mol. The van der Waals surface area contributed by atoms with Crippen molar-refractivity contribution in [3.05, 3.63) is 20.3 Å². The molecule has 1 heterocycles. The van der Waals surface area contributed by atoms with Crippen molar-refractivity contribution in [3.8, 4) is 0 Å². The highest BCUT2D eigenvalue weighted by Gasteiger charge is 2.31. The number of aryl methyl sites for hydroxylation is 1. The summed E-state index contributed by atoms with van der Waals surface area (Å²) in [7, 11) is 2.06. The van der Waals surface area contributed by atoms with E-state index in [1.807, 2.05) is 11.3 Å². The van der Waals surface area contributed by atoms with Gasteiger partial charge < -0.3 is 10.1 Å². The first-order chi connectivity index (χ1) is 8.63. The summed E-state index contributed by atoms with van der Waals surface area (Å²) < 4.78 is 6.89. The van der Waals surface area contributed by atoms with Gasteiger partial charge in [-0.15, -0.1) is 11.3 Å². The molecule has 1 aromatic rings. The van der Waals surface area contributed by atoms with Crippen LogP contribution in [-0.4, -0.2) is 19.8 Å².